The SMILES string of the molecule is CC.CC.CN1C(=O)COCC1=O.CN1CCN(c2ncccc2C#N)CC1.Cn1ccccc1=O. The molecule has 4 heterocycles. The zero-order chi connectivity index (χ0) is 27.5. The lowest BCUT2D eigenvalue weighted by Gasteiger charge is -2.33. The van der Waals surface area contributed by atoms with Crippen LogP contribution < -0.4 is 10.5 Å². The third-order valence-electron chi connectivity index (χ3n) is 4.92. The Balaban J connectivity index is 0.000000504. The molecule has 0 aromatic carbocycles. The first-order chi connectivity index (χ1) is 17.3. The predicted octanol–water partition coefficient (Wildman–Crippen LogP) is 2.14. The molecule has 0 N–H and O–H groups in total. The van der Waals surface area contributed by atoms with Gasteiger partial charge < -0.3 is 19.1 Å². The molecule has 0 saturated carbocycles. The van der Waals surface area contributed by atoms with Crippen molar-refractivity contribution in [1.29, 1.82) is 5.26 Å². The number of amides is 2. The molecule has 2 aliphatic heterocycles. The van der Waals surface area contributed by atoms with E-state index in [1.54, 1.807) is 31.6 Å². The zero-order valence-electron chi connectivity index (χ0n) is 22.6. The summed E-state index contributed by atoms with van der Waals surface area (Å²) in [5.74, 6) is 0.283. The van der Waals surface area contributed by atoms with Gasteiger partial charge in [-0.25, -0.2) is 4.98 Å². The average Bonchev–Trinajstić information content (AvgIpc) is 2.92. The minimum atomic E-state index is -0.272. The summed E-state index contributed by atoms with van der Waals surface area (Å²) in [5.41, 5.74) is 0.703. The maximum atomic E-state index is 10.6. The normalized spacial score (nSPS) is 14.8. The highest BCUT2D eigenvalue weighted by Crippen LogP contribution is 2.17. The number of piperazine rings is 1. The van der Waals surface area contributed by atoms with Gasteiger partial charge in [0.15, 0.2) is 0 Å². The second-order valence-electron chi connectivity index (χ2n) is 7.27. The van der Waals surface area contributed by atoms with Crippen LogP contribution in [0.3, 0.4) is 0 Å². The van der Waals surface area contributed by atoms with Crippen molar-refractivity contribution in [3.05, 3.63) is 58.6 Å². The van der Waals surface area contributed by atoms with E-state index in [0.29, 0.717) is 5.56 Å². The Morgan fingerprint density at radius 1 is 0.861 bits per heavy atom. The highest BCUT2D eigenvalue weighted by atomic mass is 16.5. The van der Waals surface area contributed by atoms with Crippen LogP contribution in [0, 0.1) is 11.3 Å². The maximum absolute atomic E-state index is 10.6. The summed E-state index contributed by atoms with van der Waals surface area (Å²) in [6.07, 6.45) is 3.47. The fourth-order valence-corrected chi connectivity index (χ4v) is 2.82. The van der Waals surface area contributed by atoms with Crippen LogP contribution in [-0.4, -0.2) is 84.7 Å². The molecule has 198 valence electrons. The first-order valence-electron chi connectivity index (χ1n) is 12.1. The fourth-order valence-electron chi connectivity index (χ4n) is 2.82. The van der Waals surface area contributed by atoms with E-state index in [2.05, 4.69) is 32.6 Å². The summed E-state index contributed by atoms with van der Waals surface area (Å²) in [6.45, 7) is 12.0. The largest absolute Gasteiger partial charge is 0.362 e. The molecule has 10 heteroatoms. The van der Waals surface area contributed by atoms with E-state index < -0.39 is 0 Å². The molecular formula is C26H40N6O4. The van der Waals surface area contributed by atoms with Gasteiger partial charge in [-0.3, -0.25) is 19.3 Å². The number of nitriles is 1. The van der Waals surface area contributed by atoms with Crippen molar-refractivity contribution >= 4 is 17.6 Å². The van der Waals surface area contributed by atoms with Gasteiger partial charge in [0.1, 0.15) is 25.1 Å². The van der Waals surface area contributed by atoms with Gasteiger partial charge in [-0.15, -0.1) is 0 Å². The summed E-state index contributed by atoms with van der Waals surface area (Å²) in [5, 5.41) is 8.97. The second kappa shape index (κ2) is 18.7. The van der Waals surface area contributed by atoms with Crippen LogP contribution in [0.15, 0.2) is 47.5 Å². The molecule has 2 aliphatic rings. The predicted molar refractivity (Wildman–Crippen MR) is 142 cm³/mol. The number of pyridine rings is 2. The summed E-state index contributed by atoms with van der Waals surface area (Å²) >= 11 is 0. The van der Waals surface area contributed by atoms with Crippen molar-refractivity contribution in [3.63, 3.8) is 0 Å². The van der Waals surface area contributed by atoms with E-state index in [0.717, 1.165) is 36.9 Å². The molecule has 0 bridgehead atoms. The number of hydrogen-bond acceptors (Lipinski definition) is 8. The molecule has 0 atom stereocenters. The number of likely N-dealkylation sites (N-methyl/N-ethyl adjacent to an activating group) is 2. The summed E-state index contributed by atoms with van der Waals surface area (Å²) in [4.78, 5) is 41.6. The minimum Gasteiger partial charge on any atom is -0.362 e. The number of imide groups is 1. The van der Waals surface area contributed by atoms with E-state index in [9.17, 15) is 14.4 Å². The number of anilines is 1. The van der Waals surface area contributed by atoms with Crippen molar-refractivity contribution in [2.45, 2.75) is 27.7 Å². The van der Waals surface area contributed by atoms with Crippen LogP contribution in [0.5, 0.6) is 0 Å². The Bertz CT molecular complexity index is 994. The van der Waals surface area contributed by atoms with Crippen LogP contribution in [0.25, 0.3) is 0 Å². The number of aromatic nitrogens is 2. The Hall–Kier alpha value is -3.55. The van der Waals surface area contributed by atoms with Gasteiger partial charge in [0, 0.05) is 58.7 Å². The van der Waals surface area contributed by atoms with Gasteiger partial charge in [0.2, 0.25) is 5.56 Å². The Kier molecular flexibility index (Phi) is 16.9. The molecule has 2 fully saturated rings. The lowest BCUT2D eigenvalue weighted by atomic mass is 10.2. The molecule has 2 aromatic rings. The quantitative estimate of drug-likeness (QED) is 0.548. The minimum absolute atomic E-state index is 0.0300. The summed E-state index contributed by atoms with van der Waals surface area (Å²) < 4.78 is 6.15. The van der Waals surface area contributed by atoms with E-state index in [1.165, 1.54) is 17.7 Å². The number of morpholine rings is 1. The second-order valence-corrected chi connectivity index (χ2v) is 7.27. The number of aryl methyl sites for hydroxylation is 1. The fraction of sp³-hybridized carbons (Fsp3) is 0.500. The molecule has 0 aliphatic carbocycles. The Morgan fingerprint density at radius 3 is 1.89 bits per heavy atom. The van der Waals surface area contributed by atoms with Gasteiger partial charge in [-0.2, -0.15) is 5.26 Å². The highest BCUT2D eigenvalue weighted by molar-refractivity contribution is 5.97. The number of carbonyl (C=O) groups excluding carboxylic acids is 2. The van der Waals surface area contributed by atoms with Crippen molar-refractivity contribution in [3.8, 4) is 6.07 Å². The van der Waals surface area contributed by atoms with E-state index in [1.807, 2.05) is 39.8 Å². The molecular weight excluding hydrogens is 460 g/mol. The van der Waals surface area contributed by atoms with E-state index >= 15 is 0 Å². The van der Waals surface area contributed by atoms with Crippen molar-refractivity contribution in [2.75, 3.05) is 58.4 Å². The molecule has 36 heavy (non-hydrogen) atoms. The van der Waals surface area contributed by atoms with E-state index in [4.69, 9.17) is 5.26 Å². The standard InChI is InChI=1S/C11H14N4.C6H7NO.C5H7NO3.2C2H6/c1-14-5-7-15(8-6-14)11-10(9-12)3-2-4-13-11;1-7-5-3-2-4-6(7)8;1-6-4(7)2-9-3-5(6)8;2*1-2/h2-4H,5-8H2,1H3;2-5H,1H3;2-3H2,1H3;2*1-2H3. The van der Waals surface area contributed by atoms with Gasteiger partial charge in [0.05, 0.1) is 5.56 Å². The Morgan fingerprint density at radius 2 is 1.44 bits per heavy atom. The molecule has 0 unspecified atom stereocenters. The lowest BCUT2D eigenvalue weighted by molar-refractivity contribution is -0.156. The number of ether oxygens (including phenoxy) is 1. The number of carbonyl (C=O) groups is 2. The molecule has 2 amide bonds. The smallest absolute Gasteiger partial charge is 0.254 e. The monoisotopic (exact) mass is 500 g/mol. The van der Waals surface area contributed by atoms with Crippen LogP contribution in [0.4, 0.5) is 5.82 Å². The van der Waals surface area contributed by atoms with E-state index in [-0.39, 0.29) is 30.6 Å². The summed E-state index contributed by atoms with van der Waals surface area (Å²) in [7, 11) is 5.29. The summed E-state index contributed by atoms with van der Waals surface area (Å²) in [6, 6.07) is 10.9. The topological polar surface area (TPSA) is 112 Å². The van der Waals surface area contributed by atoms with Crippen molar-refractivity contribution in [2.24, 2.45) is 7.05 Å². The third-order valence-corrected chi connectivity index (χ3v) is 4.92. The van der Waals surface area contributed by atoms with Crippen LogP contribution in [-0.2, 0) is 21.4 Å². The molecule has 2 aromatic heterocycles. The number of hydrogen-bond donors (Lipinski definition) is 0. The van der Waals surface area contributed by atoms with Crippen LogP contribution in [0.2, 0.25) is 0 Å². The van der Waals surface area contributed by atoms with Crippen LogP contribution >= 0.6 is 0 Å². The Labute approximate surface area is 214 Å². The van der Waals surface area contributed by atoms with Gasteiger partial charge in [-0.05, 0) is 25.2 Å². The first kappa shape index (κ1) is 32.5. The number of nitrogens with zero attached hydrogens (tertiary/aromatic N) is 6. The van der Waals surface area contributed by atoms with Crippen LogP contribution in [0.1, 0.15) is 33.3 Å². The first-order valence-corrected chi connectivity index (χ1v) is 12.1. The maximum Gasteiger partial charge on any atom is 0.254 e. The van der Waals surface area contributed by atoms with Crippen molar-refractivity contribution < 1.29 is 14.3 Å². The highest BCUT2D eigenvalue weighted by Gasteiger charge is 2.21. The van der Waals surface area contributed by atoms with Gasteiger partial charge in [0.25, 0.3) is 11.8 Å². The number of rotatable bonds is 1. The van der Waals surface area contributed by atoms with Crippen molar-refractivity contribution in [1.82, 2.24) is 19.4 Å². The zero-order valence-corrected chi connectivity index (χ0v) is 22.6. The van der Waals surface area contributed by atoms with Gasteiger partial charge in [-0.1, -0.05) is 33.8 Å². The average molecular weight is 501 g/mol. The molecule has 0 spiro atoms. The molecule has 10 nitrogen and oxygen atoms in total. The molecule has 4 rings (SSSR count). The lowest BCUT2D eigenvalue weighted by Crippen LogP contribution is -2.45. The van der Waals surface area contributed by atoms with Gasteiger partial charge >= 0.3 is 0 Å². The molecule has 0 radical (unpaired) electrons. The third kappa shape index (κ3) is 11.3. The molecule has 2 saturated heterocycles.